The smallest absolute Gasteiger partial charge is 0.258 e. The first-order valence-electron chi connectivity index (χ1n) is 9.54. The standard InChI is InChI=1S/C24H21N3O3/c1-17-25-23(30-26-17)19-8-10-20(11-9-19)24(28)27(16-18-6-4-3-5-7-18)21-12-14-22(29-2)15-13-21/h3-15H,16H2,1-2H3. The summed E-state index contributed by atoms with van der Waals surface area (Å²) in [5.74, 6) is 1.64. The van der Waals surface area contributed by atoms with Gasteiger partial charge in [0.1, 0.15) is 5.75 Å². The molecule has 0 atom stereocenters. The molecule has 3 aromatic carbocycles. The maximum Gasteiger partial charge on any atom is 0.258 e. The van der Waals surface area contributed by atoms with Crippen molar-refractivity contribution in [3.8, 4) is 17.2 Å². The average molecular weight is 399 g/mol. The molecule has 6 nitrogen and oxygen atoms in total. The number of methoxy groups -OCH3 is 1. The van der Waals surface area contributed by atoms with E-state index < -0.39 is 0 Å². The molecule has 4 aromatic rings. The minimum atomic E-state index is -0.0997. The summed E-state index contributed by atoms with van der Waals surface area (Å²) in [6.45, 7) is 2.22. The van der Waals surface area contributed by atoms with Gasteiger partial charge in [-0.1, -0.05) is 35.5 Å². The molecule has 0 aliphatic heterocycles. The molecule has 0 saturated heterocycles. The van der Waals surface area contributed by atoms with Crippen LogP contribution in [0.1, 0.15) is 21.7 Å². The van der Waals surface area contributed by atoms with E-state index in [1.54, 1.807) is 31.1 Å². The van der Waals surface area contributed by atoms with Gasteiger partial charge in [0.2, 0.25) is 0 Å². The maximum absolute atomic E-state index is 13.4. The number of rotatable bonds is 6. The van der Waals surface area contributed by atoms with Crippen LogP contribution in [-0.4, -0.2) is 23.2 Å². The third-order valence-electron chi connectivity index (χ3n) is 4.72. The normalized spacial score (nSPS) is 10.6. The molecule has 0 bridgehead atoms. The van der Waals surface area contributed by atoms with Crippen LogP contribution in [0.15, 0.2) is 83.4 Å². The summed E-state index contributed by atoms with van der Waals surface area (Å²) >= 11 is 0. The van der Waals surface area contributed by atoms with E-state index in [-0.39, 0.29) is 5.91 Å². The number of carbonyl (C=O) groups excluding carboxylic acids is 1. The zero-order chi connectivity index (χ0) is 20.9. The van der Waals surface area contributed by atoms with Crippen LogP contribution >= 0.6 is 0 Å². The largest absolute Gasteiger partial charge is 0.497 e. The molecule has 0 saturated carbocycles. The Labute approximate surface area is 174 Å². The predicted octanol–water partition coefficient (Wildman–Crippen LogP) is 4.90. The lowest BCUT2D eigenvalue weighted by molar-refractivity contribution is 0.0985. The van der Waals surface area contributed by atoms with Crippen LogP contribution in [0.5, 0.6) is 5.75 Å². The van der Waals surface area contributed by atoms with E-state index in [4.69, 9.17) is 9.26 Å². The molecule has 0 spiro atoms. The first-order chi connectivity index (χ1) is 14.6. The fourth-order valence-electron chi connectivity index (χ4n) is 3.13. The number of hydrogen-bond acceptors (Lipinski definition) is 5. The van der Waals surface area contributed by atoms with Crippen LogP contribution in [-0.2, 0) is 6.54 Å². The van der Waals surface area contributed by atoms with Crippen molar-refractivity contribution in [2.75, 3.05) is 12.0 Å². The Morgan fingerprint density at radius 1 is 0.967 bits per heavy atom. The highest BCUT2D eigenvalue weighted by Gasteiger charge is 2.19. The Hall–Kier alpha value is -3.93. The highest BCUT2D eigenvalue weighted by molar-refractivity contribution is 6.06. The second kappa shape index (κ2) is 8.61. The highest BCUT2D eigenvalue weighted by atomic mass is 16.5. The van der Waals surface area contributed by atoms with E-state index in [1.807, 2.05) is 66.7 Å². The number of anilines is 1. The SMILES string of the molecule is COc1ccc(N(Cc2ccccc2)C(=O)c2ccc(-c3nc(C)no3)cc2)cc1. The number of carbonyl (C=O) groups is 1. The molecule has 0 aliphatic carbocycles. The van der Waals surface area contributed by atoms with Crippen molar-refractivity contribution in [2.45, 2.75) is 13.5 Å². The zero-order valence-corrected chi connectivity index (χ0v) is 16.8. The molecule has 1 aromatic heterocycles. The van der Waals surface area contributed by atoms with E-state index in [2.05, 4.69) is 10.1 Å². The number of benzene rings is 3. The number of aryl methyl sites for hydroxylation is 1. The zero-order valence-electron chi connectivity index (χ0n) is 16.8. The van der Waals surface area contributed by atoms with E-state index >= 15 is 0 Å². The fraction of sp³-hybridized carbons (Fsp3) is 0.125. The van der Waals surface area contributed by atoms with Gasteiger partial charge in [0.15, 0.2) is 5.82 Å². The van der Waals surface area contributed by atoms with Crippen LogP contribution in [0.2, 0.25) is 0 Å². The lowest BCUT2D eigenvalue weighted by Crippen LogP contribution is -2.30. The summed E-state index contributed by atoms with van der Waals surface area (Å²) in [5.41, 5.74) is 3.17. The van der Waals surface area contributed by atoms with Crippen LogP contribution < -0.4 is 9.64 Å². The van der Waals surface area contributed by atoms with Crippen molar-refractivity contribution in [3.05, 3.63) is 95.8 Å². The van der Waals surface area contributed by atoms with Crippen molar-refractivity contribution < 1.29 is 14.1 Å². The lowest BCUT2D eigenvalue weighted by atomic mass is 10.1. The van der Waals surface area contributed by atoms with E-state index in [0.29, 0.717) is 23.8 Å². The third kappa shape index (κ3) is 4.22. The Morgan fingerprint density at radius 3 is 2.27 bits per heavy atom. The monoisotopic (exact) mass is 399 g/mol. The van der Waals surface area contributed by atoms with E-state index in [9.17, 15) is 4.79 Å². The molecule has 30 heavy (non-hydrogen) atoms. The summed E-state index contributed by atoms with van der Waals surface area (Å²) in [7, 11) is 1.62. The topological polar surface area (TPSA) is 68.5 Å². The van der Waals surface area contributed by atoms with Gasteiger partial charge in [-0.05, 0) is 61.0 Å². The Balaban J connectivity index is 1.64. The molecule has 1 amide bonds. The first kappa shape index (κ1) is 19.4. The molecule has 0 radical (unpaired) electrons. The third-order valence-corrected chi connectivity index (χ3v) is 4.72. The summed E-state index contributed by atoms with van der Waals surface area (Å²) in [6, 6.07) is 24.5. The molecule has 0 unspecified atom stereocenters. The van der Waals surface area contributed by atoms with Gasteiger partial charge in [-0.3, -0.25) is 4.79 Å². The molecule has 150 valence electrons. The van der Waals surface area contributed by atoms with Crippen LogP contribution in [0.25, 0.3) is 11.5 Å². The Bertz CT molecular complexity index is 1120. The van der Waals surface area contributed by atoms with Gasteiger partial charge < -0.3 is 14.2 Å². The van der Waals surface area contributed by atoms with Crippen molar-refractivity contribution in [1.82, 2.24) is 10.1 Å². The number of amides is 1. The van der Waals surface area contributed by atoms with Crippen molar-refractivity contribution in [3.63, 3.8) is 0 Å². The van der Waals surface area contributed by atoms with Crippen molar-refractivity contribution >= 4 is 11.6 Å². The summed E-state index contributed by atoms with van der Waals surface area (Å²) < 4.78 is 10.4. The second-order valence-corrected chi connectivity index (χ2v) is 6.80. The van der Waals surface area contributed by atoms with Gasteiger partial charge in [-0.25, -0.2) is 0 Å². The quantitative estimate of drug-likeness (QED) is 0.461. The molecule has 0 aliphatic rings. The van der Waals surface area contributed by atoms with Crippen LogP contribution in [0.3, 0.4) is 0 Å². The van der Waals surface area contributed by atoms with Crippen LogP contribution in [0, 0.1) is 6.92 Å². The van der Waals surface area contributed by atoms with Gasteiger partial charge in [0.25, 0.3) is 11.8 Å². The molecule has 6 heteroatoms. The van der Waals surface area contributed by atoms with Gasteiger partial charge in [-0.15, -0.1) is 0 Å². The number of ether oxygens (including phenoxy) is 1. The number of hydrogen-bond donors (Lipinski definition) is 0. The fourth-order valence-corrected chi connectivity index (χ4v) is 3.13. The second-order valence-electron chi connectivity index (χ2n) is 6.80. The average Bonchev–Trinajstić information content (AvgIpc) is 3.24. The molecule has 1 heterocycles. The first-order valence-corrected chi connectivity index (χ1v) is 9.54. The van der Waals surface area contributed by atoms with Gasteiger partial charge >= 0.3 is 0 Å². The maximum atomic E-state index is 13.4. The number of nitrogens with zero attached hydrogens (tertiary/aromatic N) is 3. The summed E-state index contributed by atoms with van der Waals surface area (Å²) in [5, 5.41) is 3.81. The van der Waals surface area contributed by atoms with Gasteiger partial charge in [0, 0.05) is 16.8 Å². The van der Waals surface area contributed by atoms with E-state index in [0.717, 1.165) is 22.6 Å². The molecular weight excluding hydrogens is 378 g/mol. The Morgan fingerprint density at radius 2 is 1.67 bits per heavy atom. The minimum Gasteiger partial charge on any atom is -0.497 e. The van der Waals surface area contributed by atoms with Crippen LogP contribution in [0.4, 0.5) is 5.69 Å². The summed E-state index contributed by atoms with van der Waals surface area (Å²) in [4.78, 5) is 19.4. The summed E-state index contributed by atoms with van der Waals surface area (Å²) in [6.07, 6.45) is 0. The Kier molecular flexibility index (Phi) is 5.57. The number of aromatic nitrogens is 2. The molecule has 0 fully saturated rings. The molecule has 4 rings (SSSR count). The molecule has 0 N–H and O–H groups in total. The van der Waals surface area contributed by atoms with Gasteiger partial charge in [-0.2, -0.15) is 4.98 Å². The van der Waals surface area contributed by atoms with Gasteiger partial charge in [0.05, 0.1) is 13.7 Å². The highest BCUT2D eigenvalue weighted by Crippen LogP contribution is 2.24. The molecular formula is C24H21N3O3. The van der Waals surface area contributed by atoms with E-state index in [1.165, 1.54) is 0 Å². The van der Waals surface area contributed by atoms with Crippen molar-refractivity contribution in [2.24, 2.45) is 0 Å². The predicted molar refractivity (Wildman–Crippen MR) is 114 cm³/mol. The minimum absolute atomic E-state index is 0.0997. The van der Waals surface area contributed by atoms with Crippen molar-refractivity contribution in [1.29, 1.82) is 0 Å². The lowest BCUT2D eigenvalue weighted by Gasteiger charge is -2.23.